The van der Waals surface area contributed by atoms with E-state index in [2.05, 4.69) is 19.9 Å². The van der Waals surface area contributed by atoms with E-state index in [1.165, 1.54) is 0 Å². The van der Waals surface area contributed by atoms with Gasteiger partial charge in [-0.1, -0.05) is 12.2 Å². The fourth-order valence-electron chi connectivity index (χ4n) is 1.80. The molecule has 0 fully saturated rings. The van der Waals surface area contributed by atoms with Crippen molar-refractivity contribution in [3.8, 4) is 0 Å². The fraction of sp³-hybridized carbons (Fsp3) is 0.222. The zero-order chi connectivity index (χ0) is 10.4. The monoisotopic (exact) mass is 238 g/mol. The Morgan fingerprint density at radius 1 is 1.53 bits per heavy atom. The minimum absolute atomic E-state index is 0.271. The third kappa shape index (κ3) is 1.31. The Bertz CT molecular complexity index is 562. The smallest absolute Gasteiger partial charge is 0.224 e. The lowest BCUT2D eigenvalue weighted by Crippen LogP contribution is -2.34. The third-order valence-corrected chi connectivity index (χ3v) is 2.99. The largest absolute Gasteiger partial charge is 0.373 e. The molecule has 76 valence electrons. The van der Waals surface area contributed by atoms with Crippen LogP contribution in [0.5, 0.6) is 0 Å². The molecule has 1 aliphatic heterocycles. The number of thiocarbonyl (C=S) groups is 1. The van der Waals surface area contributed by atoms with Gasteiger partial charge in [0.15, 0.2) is 0 Å². The van der Waals surface area contributed by atoms with Crippen LogP contribution in [0.1, 0.15) is 5.69 Å². The molecule has 6 heteroatoms. The van der Waals surface area contributed by atoms with Crippen molar-refractivity contribution < 1.29 is 0 Å². The fourth-order valence-corrected chi connectivity index (χ4v) is 2.20. The van der Waals surface area contributed by atoms with Gasteiger partial charge in [-0.2, -0.15) is 4.98 Å². The lowest BCUT2D eigenvalue weighted by atomic mass is 10.3. The SMILES string of the molecule is S=C1NCCn2c1cc1cnc(Cl)nc12. The molecular weight excluding hydrogens is 232 g/mol. The van der Waals surface area contributed by atoms with Crippen molar-refractivity contribution in [3.63, 3.8) is 0 Å². The molecule has 4 nitrogen and oxygen atoms in total. The van der Waals surface area contributed by atoms with Crippen molar-refractivity contribution in [2.75, 3.05) is 6.54 Å². The van der Waals surface area contributed by atoms with Gasteiger partial charge in [0, 0.05) is 24.7 Å². The van der Waals surface area contributed by atoms with E-state index >= 15 is 0 Å². The molecule has 2 aromatic heterocycles. The highest BCUT2D eigenvalue weighted by Gasteiger charge is 2.17. The molecule has 0 spiro atoms. The number of hydrogen-bond donors (Lipinski definition) is 1. The molecule has 0 aliphatic carbocycles. The van der Waals surface area contributed by atoms with Crippen molar-refractivity contribution >= 4 is 39.8 Å². The molecule has 0 atom stereocenters. The summed E-state index contributed by atoms with van der Waals surface area (Å²) in [6, 6.07) is 1.99. The Labute approximate surface area is 96.3 Å². The number of fused-ring (bicyclic) bond motifs is 3. The quantitative estimate of drug-likeness (QED) is 0.556. The first-order chi connectivity index (χ1) is 7.25. The number of hydrogen-bond acceptors (Lipinski definition) is 3. The number of nitrogens with zero attached hydrogens (tertiary/aromatic N) is 3. The first-order valence-corrected chi connectivity index (χ1v) is 5.34. The molecule has 3 heterocycles. The van der Waals surface area contributed by atoms with Crippen LogP contribution in [0.25, 0.3) is 11.0 Å². The highest BCUT2D eigenvalue weighted by Crippen LogP contribution is 2.20. The second-order valence-electron chi connectivity index (χ2n) is 3.36. The lowest BCUT2D eigenvalue weighted by molar-refractivity contribution is 0.659. The summed E-state index contributed by atoms with van der Waals surface area (Å²) in [5.74, 6) is 0. The van der Waals surface area contributed by atoms with E-state index in [1.807, 2.05) is 6.07 Å². The van der Waals surface area contributed by atoms with Crippen molar-refractivity contribution in [1.29, 1.82) is 0 Å². The summed E-state index contributed by atoms with van der Waals surface area (Å²) in [6.07, 6.45) is 1.72. The molecule has 3 rings (SSSR count). The Morgan fingerprint density at radius 3 is 3.27 bits per heavy atom. The van der Waals surface area contributed by atoms with Gasteiger partial charge in [-0.05, 0) is 17.7 Å². The van der Waals surface area contributed by atoms with Crippen molar-refractivity contribution in [3.05, 3.63) is 23.2 Å². The molecule has 0 bridgehead atoms. The lowest BCUT2D eigenvalue weighted by Gasteiger charge is -2.18. The van der Waals surface area contributed by atoms with E-state index in [0.29, 0.717) is 0 Å². The summed E-state index contributed by atoms with van der Waals surface area (Å²) in [4.78, 5) is 8.93. The molecule has 0 saturated heterocycles. The van der Waals surface area contributed by atoms with Crippen LogP contribution < -0.4 is 5.32 Å². The summed E-state index contributed by atoms with van der Waals surface area (Å²) in [6.45, 7) is 1.68. The average Bonchev–Trinajstić information content (AvgIpc) is 2.58. The predicted octanol–water partition coefficient (Wildman–Crippen LogP) is 1.36. The van der Waals surface area contributed by atoms with Gasteiger partial charge >= 0.3 is 0 Å². The summed E-state index contributed by atoms with van der Waals surface area (Å²) in [5.41, 5.74) is 1.84. The van der Waals surface area contributed by atoms with Gasteiger partial charge in [0.1, 0.15) is 10.6 Å². The van der Waals surface area contributed by atoms with E-state index in [0.717, 1.165) is 34.8 Å². The Balaban J connectivity index is 2.36. The normalized spacial score (nSPS) is 15.1. The van der Waals surface area contributed by atoms with Crippen LogP contribution in [0, 0.1) is 0 Å². The maximum absolute atomic E-state index is 5.77. The third-order valence-electron chi connectivity index (χ3n) is 2.46. The van der Waals surface area contributed by atoms with Gasteiger partial charge in [0.05, 0.1) is 5.69 Å². The zero-order valence-electron chi connectivity index (χ0n) is 7.70. The van der Waals surface area contributed by atoms with Crippen molar-refractivity contribution in [1.82, 2.24) is 19.9 Å². The zero-order valence-corrected chi connectivity index (χ0v) is 9.27. The van der Waals surface area contributed by atoms with Crippen LogP contribution in [0.4, 0.5) is 0 Å². The standard InChI is InChI=1S/C9H7ClN4S/c10-9-12-4-5-3-6-8(15)11-1-2-14(6)7(5)13-9/h3-4H,1-2H2,(H,11,15). The van der Waals surface area contributed by atoms with Crippen LogP contribution in [0.3, 0.4) is 0 Å². The summed E-state index contributed by atoms with van der Waals surface area (Å²) in [5, 5.41) is 4.39. The molecule has 15 heavy (non-hydrogen) atoms. The Hall–Kier alpha value is -1.20. The molecule has 1 N–H and O–H groups in total. The van der Waals surface area contributed by atoms with Crippen LogP contribution in [0.2, 0.25) is 5.28 Å². The van der Waals surface area contributed by atoms with Gasteiger partial charge in [-0.15, -0.1) is 0 Å². The van der Waals surface area contributed by atoms with Gasteiger partial charge in [-0.25, -0.2) is 4.98 Å². The summed E-state index contributed by atoms with van der Waals surface area (Å²) < 4.78 is 2.07. The molecular formula is C9H7ClN4S. The van der Waals surface area contributed by atoms with Gasteiger partial charge in [0.2, 0.25) is 5.28 Å². The predicted molar refractivity (Wildman–Crippen MR) is 62.2 cm³/mol. The molecule has 0 aromatic carbocycles. The van der Waals surface area contributed by atoms with Crippen molar-refractivity contribution in [2.24, 2.45) is 0 Å². The Kier molecular flexibility index (Phi) is 1.90. The molecule has 0 amide bonds. The highest BCUT2D eigenvalue weighted by molar-refractivity contribution is 7.80. The highest BCUT2D eigenvalue weighted by atomic mass is 35.5. The summed E-state index contributed by atoms with van der Waals surface area (Å²) in [7, 11) is 0. The number of aromatic nitrogens is 3. The van der Waals surface area contributed by atoms with Gasteiger partial charge in [-0.3, -0.25) is 0 Å². The van der Waals surface area contributed by atoms with E-state index in [4.69, 9.17) is 23.8 Å². The van der Waals surface area contributed by atoms with Gasteiger partial charge < -0.3 is 9.88 Å². The van der Waals surface area contributed by atoms with E-state index in [1.54, 1.807) is 6.20 Å². The number of halogens is 1. The van der Waals surface area contributed by atoms with Crippen LogP contribution in [0.15, 0.2) is 12.3 Å². The minimum Gasteiger partial charge on any atom is -0.373 e. The van der Waals surface area contributed by atoms with E-state index < -0.39 is 0 Å². The molecule has 0 radical (unpaired) electrons. The minimum atomic E-state index is 0.271. The van der Waals surface area contributed by atoms with Crippen molar-refractivity contribution in [2.45, 2.75) is 6.54 Å². The maximum Gasteiger partial charge on any atom is 0.224 e. The first kappa shape index (κ1) is 9.06. The Morgan fingerprint density at radius 2 is 2.40 bits per heavy atom. The number of nitrogens with one attached hydrogen (secondary N) is 1. The number of rotatable bonds is 0. The van der Waals surface area contributed by atoms with Crippen LogP contribution in [-0.4, -0.2) is 26.1 Å². The second kappa shape index (κ2) is 3.15. The average molecular weight is 239 g/mol. The topological polar surface area (TPSA) is 42.7 Å². The molecule has 1 aliphatic rings. The van der Waals surface area contributed by atoms with Crippen LogP contribution in [-0.2, 0) is 6.54 Å². The molecule has 0 saturated carbocycles. The van der Waals surface area contributed by atoms with E-state index in [-0.39, 0.29) is 5.28 Å². The van der Waals surface area contributed by atoms with Crippen LogP contribution >= 0.6 is 23.8 Å². The van der Waals surface area contributed by atoms with Gasteiger partial charge in [0.25, 0.3) is 0 Å². The first-order valence-electron chi connectivity index (χ1n) is 4.56. The summed E-state index contributed by atoms with van der Waals surface area (Å²) >= 11 is 11.0. The maximum atomic E-state index is 5.77. The molecule has 0 unspecified atom stereocenters. The van der Waals surface area contributed by atoms with E-state index in [9.17, 15) is 0 Å². The molecule has 2 aromatic rings. The second-order valence-corrected chi connectivity index (χ2v) is 4.10.